The van der Waals surface area contributed by atoms with Gasteiger partial charge in [0.25, 0.3) is 5.91 Å². The van der Waals surface area contributed by atoms with Crippen LogP contribution in [0.3, 0.4) is 0 Å². The van der Waals surface area contributed by atoms with Crippen LogP contribution in [-0.2, 0) is 16.0 Å². The molecule has 142 valence electrons. The van der Waals surface area contributed by atoms with Crippen molar-refractivity contribution in [3.63, 3.8) is 0 Å². The van der Waals surface area contributed by atoms with Crippen LogP contribution < -0.4 is 10.2 Å². The van der Waals surface area contributed by atoms with Gasteiger partial charge < -0.3 is 5.32 Å². The lowest BCUT2D eigenvalue weighted by molar-refractivity contribution is -0.117. The second-order valence-electron chi connectivity index (χ2n) is 6.44. The SMILES string of the molecule is CCc1ccc(N2C(=O)CS/C2=C(/C#N)C(=O)NC(C)c2ccccc2)cc1. The van der Waals surface area contributed by atoms with Crippen LogP contribution in [0.15, 0.2) is 65.2 Å². The van der Waals surface area contributed by atoms with Crippen molar-refractivity contribution in [1.82, 2.24) is 5.32 Å². The van der Waals surface area contributed by atoms with Gasteiger partial charge in [-0.1, -0.05) is 61.2 Å². The fourth-order valence-electron chi connectivity index (χ4n) is 2.99. The number of aryl methyl sites for hydroxylation is 1. The van der Waals surface area contributed by atoms with E-state index in [1.54, 1.807) is 0 Å². The van der Waals surface area contributed by atoms with Gasteiger partial charge in [-0.05, 0) is 36.6 Å². The molecule has 0 aliphatic carbocycles. The number of hydrogen-bond acceptors (Lipinski definition) is 4. The first-order valence-electron chi connectivity index (χ1n) is 9.10. The monoisotopic (exact) mass is 391 g/mol. The maximum Gasteiger partial charge on any atom is 0.265 e. The molecular weight excluding hydrogens is 370 g/mol. The topological polar surface area (TPSA) is 73.2 Å². The number of nitrogens with one attached hydrogen (secondary N) is 1. The average molecular weight is 391 g/mol. The minimum atomic E-state index is -0.480. The first kappa shape index (κ1) is 19.7. The Morgan fingerprint density at radius 1 is 1.21 bits per heavy atom. The number of carbonyl (C=O) groups is 2. The summed E-state index contributed by atoms with van der Waals surface area (Å²) in [6.07, 6.45) is 0.898. The van der Waals surface area contributed by atoms with E-state index >= 15 is 0 Å². The molecule has 3 rings (SSSR count). The van der Waals surface area contributed by atoms with Gasteiger partial charge in [-0.2, -0.15) is 5.26 Å². The van der Waals surface area contributed by atoms with E-state index in [1.165, 1.54) is 16.7 Å². The summed E-state index contributed by atoms with van der Waals surface area (Å²) in [6, 6.07) is 18.9. The minimum Gasteiger partial charge on any atom is -0.345 e. The second-order valence-corrected chi connectivity index (χ2v) is 7.40. The van der Waals surface area contributed by atoms with E-state index in [9.17, 15) is 14.9 Å². The van der Waals surface area contributed by atoms with Crippen LogP contribution in [0, 0.1) is 11.3 Å². The fraction of sp³-hybridized carbons (Fsp3) is 0.227. The molecule has 0 bridgehead atoms. The van der Waals surface area contributed by atoms with Crippen LogP contribution in [0.25, 0.3) is 0 Å². The van der Waals surface area contributed by atoms with Crippen molar-refractivity contribution in [2.24, 2.45) is 0 Å². The summed E-state index contributed by atoms with van der Waals surface area (Å²) in [4.78, 5) is 26.7. The number of hydrogen-bond donors (Lipinski definition) is 1. The Morgan fingerprint density at radius 3 is 2.50 bits per heavy atom. The molecular formula is C22H21N3O2S. The summed E-state index contributed by atoms with van der Waals surface area (Å²) in [6.45, 7) is 3.92. The van der Waals surface area contributed by atoms with Crippen molar-refractivity contribution >= 4 is 29.3 Å². The smallest absolute Gasteiger partial charge is 0.265 e. The van der Waals surface area contributed by atoms with Crippen LogP contribution >= 0.6 is 11.8 Å². The third-order valence-electron chi connectivity index (χ3n) is 4.59. The Labute approximate surface area is 169 Å². The number of nitriles is 1. The predicted molar refractivity (Wildman–Crippen MR) is 111 cm³/mol. The highest BCUT2D eigenvalue weighted by atomic mass is 32.2. The number of rotatable bonds is 5. The number of nitrogens with zero attached hydrogens (tertiary/aromatic N) is 2. The van der Waals surface area contributed by atoms with E-state index in [2.05, 4.69) is 12.2 Å². The van der Waals surface area contributed by atoms with Crippen LogP contribution in [0.1, 0.15) is 31.0 Å². The van der Waals surface area contributed by atoms with Gasteiger partial charge in [-0.15, -0.1) is 0 Å². The predicted octanol–water partition coefficient (Wildman–Crippen LogP) is 3.94. The molecule has 6 heteroatoms. The highest BCUT2D eigenvalue weighted by molar-refractivity contribution is 8.04. The third kappa shape index (κ3) is 4.10. The second kappa shape index (κ2) is 8.77. The lowest BCUT2D eigenvalue weighted by Gasteiger charge is -2.20. The largest absolute Gasteiger partial charge is 0.345 e. The normalized spacial score (nSPS) is 16.5. The van der Waals surface area contributed by atoms with Crippen molar-refractivity contribution in [2.45, 2.75) is 26.3 Å². The zero-order chi connectivity index (χ0) is 20.1. The van der Waals surface area contributed by atoms with Crippen LogP contribution in [0.4, 0.5) is 5.69 Å². The summed E-state index contributed by atoms with van der Waals surface area (Å²) < 4.78 is 0. The Bertz CT molecular complexity index is 946. The molecule has 1 saturated heterocycles. The summed E-state index contributed by atoms with van der Waals surface area (Å²) in [5, 5.41) is 12.9. The van der Waals surface area contributed by atoms with E-state index in [4.69, 9.17) is 0 Å². The van der Waals surface area contributed by atoms with Gasteiger partial charge in [0, 0.05) is 5.69 Å². The summed E-state index contributed by atoms with van der Waals surface area (Å²) in [5.74, 6) is -0.412. The van der Waals surface area contributed by atoms with Crippen molar-refractivity contribution in [3.05, 3.63) is 76.3 Å². The summed E-state index contributed by atoms with van der Waals surface area (Å²) in [5.41, 5.74) is 2.72. The quantitative estimate of drug-likeness (QED) is 0.619. The zero-order valence-corrected chi connectivity index (χ0v) is 16.6. The number of amides is 2. The first-order valence-corrected chi connectivity index (χ1v) is 10.1. The van der Waals surface area contributed by atoms with Gasteiger partial charge in [0.15, 0.2) is 0 Å². The molecule has 1 N–H and O–H groups in total. The lowest BCUT2D eigenvalue weighted by Crippen LogP contribution is -2.31. The van der Waals surface area contributed by atoms with Crippen molar-refractivity contribution in [1.29, 1.82) is 5.26 Å². The molecule has 1 heterocycles. The summed E-state index contributed by atoms with van der Waals surface area (Å²) in [7, 11) is 0. The Balaban J connectivity index is 1.89. The van der Waals surface area contributed by atoms with E-state index in [0.717, 1.165) is 17.5 Å². The van der Waals surface area contributed by atoms with Gasteiger partial charge in [-0.3, -0.25) is 14.5 Å². The van der Waals surface area contributed by atoms with Gasteiger partial charge in [0.1, 0.15) is 16.7 Å². The maximum absolute atomic E-state index is 12.8. The lowest BCUT2D eigenvalue weighted by atomic mass is 10.1. The molecule has 0 spiro atoms. The van der Waals surface area contributed by atoms with Crippen LogP contribution in [0.5, 0.6) is 0 Å². The first-order chi connectivity index (χ1) is 13.5. The van der Waals surface area contributed by atoms with Crippen molar-refractivity contribution in [3.8, 4) is 6.07 Å². The molecule has 1 atom stereocenters. The number of thioether (sulfide) groups is 1. The molecule has 0 radical (unpaired) electrons. The highest BCUT2D eigenvalue weighted by Gasteiger charge is 2.33. The maximum atomic E-state index is 12.8. The highest BCUT2D eigenvalue weighted by Crippen LogP contribution is 2.36. The Kier molecular flexibility index (Phi) is 6.17. The Hall–Kier alpha value is -3.04. The molecule has 1 aliphatic heterocycles. The summed E-state index contributed by atoms with van der Waals surface area (Å²) >= 11 is 1.22. The molecule has 28 heavy (non-hydrogen) atoms. The van der Waals surface area contributed by atoms with Gasteiger partial charge in [0.05, 0.1) is 11.8 Å². The molecule has 1 aliphatic rings. The third-order valence-corrected chi connectivity index (χ3v) is 5.64. The van der Waals surface area contributed by atoms with E-state index in [1.807, 2.05) is 67.6 Å². The van der Waals surface area contributed by atoms with Gasteiger partial charge in [-0.25, -0.2) is 0 Å². The van der Waals surface area contributed by atoms with E-state index in [-0.39, 0.29) is 23.3 Å². The molecule has 0 saturated carbocycles. The van der Waals surface area contributed by atoms with Gasteiger partial charge in [0.2, 0.25) is 5.91 Å². The molecule has 1 fully saturated rings. The van der Waals surface area contributed by atoms with Crippen molar-refractivity contribution < 1.29 is 9.59 Å². The number of anilines is 1. The molecule has 2 aromatic rings. The average Bonchev–Trinajstić information content (AvgIpc) is 3.10. The van der Waals surface area contributed by atoms with Crippen molar-refractivity contribution in [2.75, 3.05) is 10.7 Å². The van der Waals surface area contributed by atoms with Gasteiger partial charge >= 0.3 is 0 Å². The number of benzene rings is 2. The standard InChI is InChI=1S/C22H21N3O2S/c1-3-16-9-11-18(12-10-16)25-20(26)14-28-22(25)19(13-23)21(27)24-15(2)17-7-5-4-6-8-17/h4-12,15H,3,14H2,1-2H3,(H,24,27)/b22-19-. The zero-order valence-electron chi connectivity index (χ0n) is 15.8. The van der Waals surface area contributed by atoms with Crippen LogP contribution in [-0.4, -0.2) is 17.6 Å². The minimum absolute atomic E-state index is 0.0433. The molecule has 0 aromatic heterocycles. The van der Waals surface area contributed by atoms with Crippen LogP contribution in [0.2, 0.25) is 0 Å². The van der Waals surface area contributed by atoms with E-state index < -0.39 is 5.91 Å². The Morgan fingerprint density at radius 2 is 1.89 bits per heavy atom. The molecule has 1 unspecified atom stereocenters. The van der Waals surface area contributed by atoms with E-state index in [0.29, 0.717) is 10.7 Å². The molecule has 5 nitrogen and oxygen atoms in total. The molecule has 2 aromatic carbocycles. The number of carbonyl (C=O) groups excluding carboxylic acids is 2. The molecule has 2 amide bonds. The fourth-order valence-corrected chi connectivity index (χ4v) is 4.00.